The molecule has 1 aliphatic rings. The zero-order valence-corrected chi connectivity index (χ0v) is 10.6. The minimum absolute atomic E-state index is 0.260. The summed E-state index contributed by atoms with van der Waals surface area (Å²) in [5.74, 6) is 0.928. The van der Waals surface area contributed by atoms with Crippen molar-refractivity contribution >= 4 is 28.4 Å². The van der Waals surface area contributed by atoms with Gasteiger partial charge in [-0.05, 0) is 26.0 Å². The minimum Gasteiger partial charge on any atom is -0.483 e. The Morgan fingerprint density at radius 2 is 1.82 bits per heavy atom. The van der Waals surface area contributed by atoms with E-state index < -0.39 is 0 Å². The first-order chi connectivity index (χ1) is 8.07. The van der Waals surface area contributed by atoms with E-state index in [1.165, 1.54) is 0 Å². The maximum absolute atomic E-state index is 6.28. The van der Waals surface area contributed by atoms with E-state index in [2.05, 4.69) is 32.1 Å². The van der Waals surface area contributed by atoms with Gasteiger partial charge in [0.25, 0.3) is 0 Å². The second-order valence-corrected chi connectivity index (χ2v) is 5.27. The van der Waals surface area contributed by atoms with E-state index in [0.717, 1.165) is 27.1 Å². The highest BCUT2D eigenvalue weighted by Gasteiger charge is 2.23. The van der Waals surface area contributed by atoms with Crippen LogP contribution < -0.4 is 4.74 Å². The largest absolute Gasteiger partial charge is 0.483 e. The molecule has 0 fully saturated rings. The predicted molar refractivity (Wildman–Crippen MR) is 72.7 cm³/mol. The Morgan fingerprint density at radius 1 is 1.12 bits per heavy atom. The third kappa shape index (κ3) is 1.71. The molecule has 1 aliphatic heterocycles. The number of hydrogen-bond donors (Lipinski definition) is 0. The summed E-state index contributed by atoms with van der Waals surface area (Å²) >= 11 is 6.28. The molecular formula is C15H13ClO. The first-order valence-corrected chi connectivity index (χ1v) is 6.04. The number of ether oxygens (including phenoxy) is 1. The molecule has 2 aromatic rings. The molecule has 0 radical (unpaired) electrons. The van der Waals surface area contributed by atoms with E-state index in [0.29, 0.717) is 0 Å². The minimum atomic E-state index is -0.260. The fourth-order valence-corrected chi connectivity index (χ4v) is 2.43. The van der Waals surface area contributed by atoms with Gasteiger partial charge in [-0.3, -0.25) is 0 Å². The van der Waals surface area contributed by atoms with Crippen LogP contribution in [0.15, 0.2) is 36.4 Å². The van der Waals surface area contributed by atoms with Crippen LogP contribution in [0.3, 0.4) is 0 Å². The number of fused-ring (bicyclic) bond motifs is 3. The van der Waals surface area contributed by atoms with E-state index in [1.54, 1.807) is 0 Å². The first kappa shape index (κ1) is 10.7. The third-order valence-corrected chi connectivity index (χ3v) is 3.32. The van der Waals surface area contributed by atoms with Crippen molar-refractivity contribution in [3.05, 3.63) is 47.0 Å². The molecule has 86 valence electrons. The highest BCUT2D eigenvalue weighted by atomic mass is 35.5. The standard InChI is InChI=1S/C15H13ClO/c1-15(2)8-7-10-9-13(16)11-5-3-4-6-12(11)14(10)17-15/h3-9H,1-2H3. The summed E-state index contributed by atoms with van der Waals surface area (Å²) in [5.41, 5.74) is 0.789. The Bertz CT molecular complexity index is 626. The topological polar surface area (TPSA) is 9.23 Å². The zero-order chi connectivity index (χ0) is 12.0. The van der Waals surface area contributed by atoms with Gasteiger partial charge in [0.15, 0.2) is 0 Å². The van der Waals surface area contributed by atoms with Crippen molar-refractivity contribution in [3.8, 4) is 5.75 Å². The van der Waals surface area contributed by atoms with Crippen molar-refractivity contribution in [2.75, 3.05) is 0 Å². The maximum atomic E-state index is 6.28. The van der Waals surface area contributed by atoms with E-state index in [-0.39, 0.29) is 5.60 Å². The lowest BCUT2D eigenvalue weighted by Crippen LogP contribution is -2.27. The van der Waals surface area contributed by atoms with E-state index in [9.17, 15) is 0 Å². The highest BCUT2D eigenvalue weighted by molar-refractivity contribution is 6.36. The fourth-order valence-electron chi connectivity index (χ4n) is 2.15. The first-order valence-electron chi connectivity index (χ1n) is 5.66. The summed E-state index contributed by atoms with van der Waals surface area (Å²) < 4.78 is 6.04. The molecule has 0 spiro atoms. The van der Waals surface area contributed by atoms with Crippen LogP contribution in [-0.2, 0) is 0 Å². The van der Waals surface area contributed by atoms with E-state index >= 15 is 0 Å². The van der Waals surface area contributed by atoms with Crippen LogP contribution in [0.4, 0.5) is 0 Å². The van der Waals surface area contributed by atoms with Gasteiger partial charge in [-0.2, -0.15) is 0 Å². The Labute approximate surface area is 106 Å². The summed E-state index contributed by atoms with van der Waals surface area (Å²) in [4.78, 5) is 0. The fraction of sp³-hybridized carbons (Fsp3) is 0.200. The molecular weight excluding hydrogens is 232 g/mol. The Morgan fingerprint density at radius 3 is 2.59 bits per heavy atom. The molecule has 0 aromatic heterocycles. The normalized spacial score (nSPS) is 16.6. The third-order valence-electron chi connectivity index (χ3n) is 3.00. The predicted octanol–water partition coefficient (Wildman–Crippen LogP) is 4.68. The highest BCUT2D eigenvalue weighted by Crippen LogP contribution is 2.40. The van der Waals surface area contributed by atoms with Crippen LogP contribution >= 0.6 is 11.6 Å². The number of hydrogen-bond acceptors (Lipinski definition) is 1. The van der Waals surface area contributed by atoms with Crippen LogP contribution in [0.1, 0.15) is 19.4 Å². The van der Waals surface area contributed by atoms with Crippen molar-refractivity contribution in [3.63, 3.8) is 0 Å². The lowest BCUT2D eigenvalue weighted by molar-refractivity contribution is 0.161. The molecule has 0 amide bonds. The van der Waals surface area contributed by atoms with Gasteiger partial charge in [0, 0.05) is 21.4 Å². The van der Waals surface area contributed by atoms with E-state index in [4.69, 9.17) is 16.3 Å². The molecule has 3 rings (SSSR count). The molecule has 0 bridgehead atoms. The van der Waals surface area contributed by atoms with Crippen molar-refractivity contribution in [2.24, 2.45) is 0 Å². The van der Waals surface area contributed by atoms with Crippen LogP contribution in [-0.4, -0.2) is 5.60 Å². The molecule has 17 heavy (non-hydrogen) atoms. The molecule has 0 aliphatic carbocycles. The average molecular weight is 245 g/mol. The molecule has 2 aromatic carbocycles. The van der Waals surface area contributed by atoms with Gasteiger partial charge in [-0.1, -0.05) is 41.9 Å². The van der Waals surface area contributed by atoms with Gasteiger partial charge in [0.05, 0.1) is 0 Å². The molecule has 1 nitrogen and oxygen atoms in total. The number of benzene rings is 2. The van der Waals surface area contributed by atoms with Crippen molar-refractivity contribution in [1.82, 2.24) is 0 Å². The summed E-state index contributed by atoms with van der Waals surface area (Å²) in [7, 11) is 0. The van der Waals surface area contributed by atoms with Crippen LogP contribution in [0, 0.1) is 0 Å². The van der Waals surface area contributed by atoms with Crippen molar-refractivity contribution in [2.45, 2.75) is 19.4 Å². The summed E-state index contributed by atoms with van der Waals surface area (Å²) in [6.07, 6.45) is 4.14. The molecule has 2 heteroatoms. The van der Waals surface area contributed by atoms with Gasteiger partial charge in [-0.25, -0.2) is 0 Å². The van der Waals surface area contributed by atoms with Crippen LogP contribution in [0.2, 0.25) is 5.02 Å². The monoisotopic (exact) mass is 244 g/mol. The van der Waals surface area contributed by atoms with Gasteiger partial charge < -0.3 is 4.74 Å². The average Bonchev–Trinajstić information content (AvgIpc) is 2.30. The van der Waals surface area contributed by atoms with Gasteiger partial charge >= 0.3 is 0 Å². The Balaban J connectivity index is 2.36. The van der Waals surface area contributed by atoms with E-state index in [1.807, 2.05) is 24.3 Å². The lowest BCUT2D eigenvalue weighted by atomic mass is 9.98. The second kappa shape index (κ2) is 3.51. The zero-order valence-electron chi connectivity index (χ0n) is 9.83. The van der Waals surface area contributed by atoms with Gasteiger partial charge in [0.1, 0.15) is 11.4 Å². The number of halogens is 1. The summed E-state index contributed by atoms with van der Waals surface area (Å²) in [5, 5.41) is 2.89. The second-order valence-electron chi connectivity index (χ2n) is 4.86. The Kier molecular flexibility index (Phi) is 2.20. The molecule has 0 unspecified atom stereocenters. The van der Waals surface area contributed by atoms with Gasteiger partial charge in [0.2, 0.25) is 0 Å². The Hall–Kier alpha value is -1.47. The molecule has 0 atom stereocenters. The quantitative estimate of drug-likeness (QED) is 0.654. The maximum Gasteiger partial charge on any atom is 0.135 e. The molecule has 0 N–H and O–H groups in total. The molecule has 0 saturated heterocycles. The van der Waals surface area contributed by atoms with Crippen LogP contribution in [0.25, 0.3) is 16.8 Å². The van der Waals surface area contributed by atoms with Crippen molar-refractivity contribution in [1.29, 1.82) is 0 Å². The molecule has 1 heterocycles. The summed E-state index contributed by atoms with van der Waals surface area (Å²) in [6, 6.07) is 10.0. The van der Waals surface area contributed by atoms with Crippen LogP contribution in [0.5, 0.6) is 5.75 Å². The summed E-state index contributed by atoms with van der Waals surface area (Å²) in [6.45, 7) is 4.10. The number of rotatable bonds is 0. The van der Waals surface area contributed by atoms with Crippen molar-refractivity contribution < 1.29 is 4.74 Å². The lowest BCUT2D eigenvalue weighted by Gasteiger charge is -2.29. The SMILES string of the molecule is CC1(C)C=Cc2cc(Cl)c3ccccc3c2O1. The molecule has 0 saturated carbocycles. The van der Waals surface area contributed by atoms with Gasteiger partial charge in [-0.15, -0.1) is 0 Å². The smallest absolute Gasteiger partial charge is 0.135 e.